The summed E-state index contributed by atoms with van der Waals surface area (Å²) in [6.07, 6.45) is 13.7. The fourth-order valence-corrected chi connectivity index (χ4v) is 1.92. The van der Waals surface area contributed by atoms with Crippen molar-refractivity contribution in [2.24, 2.45) is 5.92 Å². The van der Waals surface area contributed by atoms with Crippen LogP contribution in [0.25, 0.3) is 0 Å². The zero-order chi connectivity index (χ0) is 11.9. The van der Waals surface area contributed by atoms with E-state index < -0.39 is 0 Å². The van der Waals surface area contributed by atoms with Gasteiger partial charge in [0.15, 0.2) is 0 Å². The summed E-state index contributed by atoms with van der Waals surface area (Å²) in [5.41, 5.74) is 0.853. The average molecular weight is 280 g/mol. The largest absolute Gasteiger partial charge is 2.00 e. The van der Waals surface area contributed by atoms with Crippen molar-refractivity contribution in [3.63, 3.8) is 0 Å². The van der Waals surface area contributed by atoms with E-state index in [0.717, 1.165) is 18.4 Å². The molecule has 0 heterocycles. The van der Waals surface area contributed by atoms with Crippen LogP contribution in [0.2, 0.25) is 0 Å². The van der Waals surface area contributed by atoms with Crippen LogP contribution in [-0.2, 0) is 17.1 Å². The van der Waals surface area contributed by atoms with Crippen molar-refractivity contribution in [1.29, 1.82) is 0 Å². The van der Waals surface area contributed by atoms with Gasteiger partial charge in [-0.2, -0.15) is 18.2 Å². The Morgan fingerprint density at radius 2 is 1.83 bits per heavy atom. The van der Waals surface area contributed by atoms with Gasteiger partial charge in [0.1, 0.15) is 0 Å². The predicted octanol–water partition coefficient (Wildman–Crippen LogP) is 3.10. The third-order valence-electron chi connectivity index (χ3n) is 2.85. The van der Waals surface area contributed by atoms with Gasteiger partial charge in [-0.3, -0.25) is 0 Å². The second kappa shape index (κ2) is 7.86. The second-order valence-electron chi connectivity index (χ2n) is 4.11. The molecule has 3 rings (SSSR count). The molecule has 0 bridgehead atoms. The molecule has 0 aromatic heterocycles. The molecule has 1 nitrogen and oxygen atoms in total. The maximum absolute atomic E-state index is 11.7. The maximum Gasteiger partial charge on any atom is 2.00 e. The topological polar surface area (TPSA) is 23.1 Å². The Balaban J connectivity index is 0.000000230. The van der Waals surface area contributed by atoms with E-state index >= 15 is 0 Å². The van der Waals surface area contributed by atoms with E-state index in [-0.39, 0.29) is 28.7 Å². The molecule has 0 spiro atoms. The van der Waals surface area contributed by atoms with E-state index in [1.54, 1.807) is 0 Å². The summed E-state index contributed by atoms with van der Waals surface area (Å²) in [4.78, 5) is 0. The van der Waals surface area contributed by atoms with Crippen molar-refractivity contribution in [3.05, 3.63) is 78.1 Å². The van der Waals surface area contributed by atoms with Crippen molar-refractivity contribution in [1.82, 2.24) is 0 Å². The molecule has 0 saturated carbocycles. The van der Waals surface area contributed by atoms with Gasteiger partial charge in [-0.1, -0.05) is 36.5 Å². The van der Waals surface area contributed by atoms with Crippen molar-refractivity contribution >= 4 is 0 Å². The molecule has 94 valence electrons. The van der Waals surface area contributed by atoms with E-state index in [1.807, 2.05) is 60.7 Å². The average Bonchev–Trinajstić information content (AvgIpc) is 3.11. The molecular weight excluding hydrogens is 264 g/mol. The predicted molar refractivity (Wildman–Crippen MR) is 69.2 cm³/mol. The van der Waals surface area contributed by atoms with Crippen LogP contribution in [-0.4, -0.2) is 0 Å². The number of allylic oxidation sites excluding steroid dienone is 7. The summed E-state index contributed by atoms with van der Waals surface area (Å²) >= 11 is 0. The molecule has 18 heavy (non-hydrogen) atoms. The first kappa shape index (κ1) is 14.7. The Morgan fingerprint density at radius 3 is 2.28 bits per heavy atom. The Hall–Kier alpha value is -1.37. The van der Waals surface area contributed by atoms with Crippen LogP contribution in [0.5, 0.6) is 0 Å². The molecular formula is C16H16FeO. The van der Waals surface area contributed by atoms with E-state index in [1.165, 1.54) is 0 Å². The molecule has 1 aromatic carbocycles. The zero-order valence-electron chi connectivity index (χ0n) is 10.1. The van der Waals surface area contributed by atoms with Crippen LogP contribution in [0.4, 0.5) is 0 Å². The first-order valence-corrected chi connectivity index (χ1v) is 5.97. The molecule has 1 unspecified atom stereocenters. The third-order valence-corrected chi connectivity index (χ3v) is 2.85. The van der Waals surface area contributed by atoms with Crippen LogP contribution in [0.1, 0.15) is 12.8 Å². The minimum absolute atomic E-state index is 0. The van der Waals surface area contributed by atoms with Crippen molar-refractivity contribution in [3.8, 4) is 0 Å². The van der Waals surface area contributed by atoms with Crippen LogP contribution < -0.4 is 5.11 Å². The molecule has 0 aliphatic heterocycles. The molecule has 0 radical (unpaired) electrons. The Bertz CT molecular complexity index is 418. The minimum atomic E-state index is 0. The van der Waals surface area contributed by atoms with Gasteiger partial charge < -0.3 is 5.11 Å². The zero-order valence-corrected chi connectivity index (χ0v) is 11.2. The smallest absolute Gasteiger partial charge is 0.875 e. The van der Waals surface area contributed by atoms with Crippen LogP contribution in [0.3, 0.4) is 0 Å². The summed E-state index contributed by atoms with van der Waals surface area (Å²) in [6, 6.07) is 10.0. The normalized spacial score (nSPS) is 19.3. The van der Waals surface area contributed by atoms with E-state index in [2.05, 4.69) is 6.08 Å². The van der Waals surface area contributed by atoms with Crippen molar-refractivity contribution in [2.75, 3.05) is 0 Å². The number of hydrogen-bond donors (Lipinski definition) is 0. The molecule has 0 saturated heterocycles. The van der Waals surface area contributed by atoms with Gasteiger partial charge in [0.2, 0.25) is 0 Å². The SMILES string of the molecule is [Fe+2].[O-]C(=C1C=CC=C1)C1C=CCC1.c1cc[cH-]c1. The quantitative estimate of drug-likeness (QED) is 0.335. The molecule has 2 heteroatoms. The van der Waals surface area contributed by atoms with Crippen LogP contribution in [0, 0.1) is 5.92 Å². The van der Waals surface area contributed by atoms with Crippen molar-refractivity contribution in [2.45, 2.75) is 12.8 Å². The summed E-state index contributed by atoms with van der Waals surface area (Å²) in [5, 5.41) is 11.7. The third kappa shape index (κ3) is 4.14. The van der Waals surface area contributed by atoms with Gasteiger partial charge in [0.25, 0.3) is 0 Å². The van der Waals surface area contributed by atoms with Gasteiger partial charge in [-0.25, -0.2) is 12.1 Å². The molecule has 0 amide bonds. The summed E-state index contributed by atoms with van der Waals surface area (Å²) in [6.45, 7) is 0. The Morgan fingerprint density at radius 1 is 1.17 bits per heavy atom. The molecule has 2 aliphatic rings. The van der Waals surface area contributed by atoms with Gasteiger partial charge in [-0.05, 0) is 24.3 Å². The summed E-state index contributed by atoms with van der Waals surface area (Å²) < 4.78 is 0. The molecule has 2 aliphatic carbocycles. The van der Waals surface area contributed by atoms with E-state index in [9.17, 15) is 5.11 Å². The van der Waals surface area contributed by atoms with Gasteiger partial charge in [-0.15, -0.1) is 5.76 Å². The monoisotopic (exact) mass is 280 g/mol. The first-order valence-electron chi connectivity index (χ1n) is 5.97. The van der Waals surface area contributed by atoms with Gasteiger partial charge in [0, 0.05) is 0 Å². The summed E-state index contributed by atoms with van der Waals surface area (Å²) in [7, 11) is 0. The van der Waals surface area contributed by atoms with Gasteiger partial charge >= 0.3 is 17.1 Å². The minimum Gasteiger partial charge on any atom is -0.875 e. The van der Waals surface area contributed by atoms with Crippen LogP contribution in [0.15, 0.2) is 78.1 Å². The van der Waals surface area contributed by atoms with E-state index in [0.29, 0.717) is 0 Å². The number of rotatable bonds is 1. The summed E-state index contributed by atoms with van der Waals surface area (Å²) in [5.74, 6) is 0.418. The second-order valence-corrected chi connectivity index (χ2v) is 4.11. The Labute approximate surface area is 119 Å². The molecule has 1 atom stereocenters. The fourth-order valence-electron chi connectivity index (χ4n) is 1.92. The van der Waals surface area contributed by atoms with Gasteiger partial charge in [0.05, 0.1) is 0 Å². The molecule has 0 N–H and O–H groups in total. The van der Waals surface area contributed by atoms with Crippen LogP contribution >= 0.6 is 0 Å². The standard InChI is InChI=1S/C11H12O.C5H5.Fe/c12-11(9-5-1-2-6-9)10-7-3-4-8-10;1-2-4-5-3-1;/h1-3,5-7,10,12H,4,8H2;1-5H;/q;-1;+2/p-1. The maximum atomic E-state index is 11.7. The molecule has 0 fully saturated rings. The van der Waals surface area contributed by atoms with E-state index in [4.69, 9.17) is 0 Å². The Kier molecular flexibility index (Phi) is 6.41. The first-order chi connectivity index (χ1) is 8.38. The van der Waals surface area contributed by atoms with Crippen molar-refractivity contribution < 1.29 is 22.2 Å². The molecule has 1 aromatic rings. The number of hydrogen-bond acceptors (Lipinski definition) is 1. The fraction of sp³-hybridized carbons (Fsp3) is 0.188.